The van der Waals surface area contributed by atoms with Gasteiger partial charge in [-0.2, -0.15) is 26.3 Å². The van der Waals surface area contributed by atoms with Crippen LogP contribution in [0.3, 0.4) is 0 Å². The molecule has 1 aromatic carbocycles. The number of alkyl halides is 6. The summed E-state index contributed by atoms with van der Waals surface area (Å²) < 4.78 is 99.0. The standard InChI is InChI=1S/C25H32F6N4O9/c26-23(27)42-12-16(32-19(36)10-35-6-8-40-9-7-35)20(37)33-17(13-43-24(28)29)21(38)34-18(14-44-25(30)31)22(39)41-11-15-4-2-1-3-5-15/h1-5,16-18,23-25H,6-14H2,(H,32,36)(H,33,37)(H,34,38)/t16-,17-,18-/m0/s1. The first-order valence-corrected chi connectivity index (χ1v) is 13.0. The molecule has 3 N–H and O–H groups in total. The van der Waals surface area contributed by atoms with Crippen molar-refractivity contribution in [3.8, 4) is 0 Å². The Hall–Kier alpha value is -3.52. The van der Waals surface area contributed by atoms with E-state index >= 15 is 0 Å². The van der Waals surface area contributed by atoms with Crippen molar-refractivity contribution in [1.29, 1.82) is 0 Å². The zero-order chi connectivity index (χ0) is 32.5. The Bertz CT molecular complexity index is 1040. The summed E-state index contributed by atoms with van der Waals surface area (Å²) in [6, 6.07) is 2.31. The minimum atomic E-state index is -3.44. The second kappa shape index (κ2) is 19.7. The lowest BCUT2D eigenvalue weighted by atomic mass is 10.2. The maximum atomic E-state index is 12.9. The average Bonchev–Trinajstić information content (AvgIpc) is 2.98. The fraction of sp³-hybridized carbons (Fsp3) is 0.600. The number of esters is 1. The number of rotatable bonds is 19. The number of nitrogens with zero attached hydrogens (tertiary/aromatic N) is 1. The normalized spacial score (nSPS) is 15.9. The van der Waals surface area contributed by atoms with Crippen LogP contribution in [0, 0.1) is 0 Å². The molecule has 0 bridgehead atoms. The highest BCUT2D eigenvalue weighted by Crippen LogP contribution is 2.06. The molecule has 1 aliphatic rings. The van der Waals surface area contributed by atoms with Crippen LogP contribution in [0.25, 0.3) is 0 Å². The van der Waals surface area contributed by atoms with Gasteiger partial charge in [-0.1, -0.05) is 30.3 Å². The van der Waals surface area contributed by atoms with Crippen molar-refractivity contribution in [3.05, 3.63) is 35.9 Å². The molecular formula is C25H32F6N4O9. The molecule has 1 aliphatic heterocycles. The maximum Gasteiger partial charge on any atom is 0.345 e. The van der Waals surface area contributed by atoms with E-state index < -0.39 is 81.5 Å². The molecule has 0 aliphatic carbocycles. The van der Waals surface area contributed by atoms with Gasteiger partial charge in [0.25, 0.3) is 0 Å². The summed E-state index contributed by atoms with van der Waals surface area (Å²) in [5.41, 5.74) is 0.504. The third-order valence-electron chi connectivity index (χ3n) is 5.75. The van der Waals surface area contributed by atoms with Crippen molar-refractivity contribution in [2.45, 2.75) is 44.6 Å². The first-order chi connectivity index (χ1) is 20.9. The number of nitrogens with one attached hydrogen (secondary N) is 3. The van der Waals surface area contributed by atoms with Crippen molar-refractivity contribution in [2.24, 2.45) is 0 Å². The second-order valence-corrected chi connectivity index (χ2v) is 9.01. The molecular weight excluding hydrogens is 614 g/mol. The van der Waals surface area contributed by atoms with E-state index in [9.17, 15) is 45.5 Å². The van der Waals surface area contributed by atoms with E-state index in [1.807, 2.05) is 10.6 Å². The van der Waals surface area contributed by atoms with Crippen molar-refractivity contribution in [2.75, 3.05) is 52.7 Å². The molecule has 0 spiro atoms. The Morgan fingerprint density at radius 2 is 1.20 bits per heavy atom. The second-order valence-electron chi connectivity index (χ2n) is 9.01. The third-order valence-corrected chi connectivity index (χ3v) is 5.75. The van der Waals surface area contributed by atoms with Gasteiger partial charge in [0.1, 0.15) is 18.7 Å². The molecule has 0 saturated carbocycles. The lowest BCUT2D eigenvalue weighted by Crippen LogP contribution is -2.59. The number of amides is 3. The number of benzene rings is 1. The molecule has 1 saturated heterocycles. The van der Waals surface area contributed by atoms with E-state index in [4.69, 9.17) is 9.47 Å². The topological polar surface area (TPSA) is 154 Å². The van der Waals surface area contributed by atoms with Crippen molar-refractivity contribution < 1.29 is 69.2 Å². The highest BCUT2D eigenvalue weighted by molar-refractivity contribution is 5.94. The van der Waals surface area contributed by atoms with Crippen molar-refractivity contribution in [3.63, 3.8) is 0 Å². The number of halogens is 6. The summed E-state index contributed by atoms with van der Waals surface area (Å²) in [4.78, 5) is 52.5. The van der Waals surface area contributed by atoms with Gasteiger partial charge in [-0.3, -0.25) is 19.3 Å². The Morgan fingerprint density at radius 3 is 1.73 bits per heavy atom. The van der Waals surface area contributed by atoms with Crippen molar-refractivity contribution >= 4 is 23.7 Å². The Kier molecular flexibility index (Phi) is 16.4. The smallest absolute Gasteiger partial charge is 0.345 e. The number of ether oxygens (including phenoxy) is 5. The number of morpholine rings is 1. The van der Waals surface area contributed by atoms with E-state index in [-0.39, 0.29) is 13.2 Å². The molecule has 2 rings (SSSR count). The zero-order valence-electron chi connectivity index (χ0n) is 23.1. The summed E-state index contributed by atoms with van der Waals surface area (Å²) in [7, 11) is 0. The van der Waals surface area contributed by atoms with Crippen LogP contribution in [0.2, 0.25) is 0 Å². The lowest BCUT2D eigenvalue weighted by Gasteiger charge is -2.27. The summed E-state index contributed by atoms with van der Waals surface area (Å²) in [5.74, 6) is -4.76. The fourth-order valence-corrected chi connectivity index (χ4v) is 3.62. The van der Waals surface area contributed by atoms with Gasteiger partial charge < -0.3 is 39.6 Å². The fourth-order valence-electron chi connectivity index (χ4n) is 3.62. The van der Waals surface area contributed by atoms with Crippen molar-refractivity contribution in [1.82, 2.24) is 20.9 Å². The Labute approximate surface area is 247 Å². The predicted molar refractivity (Wildman–Crippen MR) is 135 cm³/mol. The van der Waals surface area contributed by atoms with E-state index in [0.29, 0.717) is 31.9 Å². The highest BCUT2D eigenvalue weighted by Gasteiger charge is 2.32. The van der Waals surface area contributed by atoms with Gasteiger partial charge in [0.05, 0.1) is 39.6 Å². The predicted octanol–water partition coefficient (Wildman–Crippen LogP) is 0.234. The number of carbonyl (C=O) groups is 4. The van der Waals surface area contributed by atoms with E-state index in [1.54, 1.807) is 35.2 Å². The van der Waals surface area contributed by atoms with E-state index in [1.165, 1.54) is 0 Å². The Balaban J connectivity index is 2.13. The van der Waals surface area contributed by atoms with Crippen LogP contribution >= 0.6 is 0 Å². The summed E-state index contributed by atoms with van der Waals surface area (Å²) in [6.07, 6.45) is 0. The average molecular weight is 647 g/mol. The van der Waals surface area contributed by atoms with Crippen LogP contribution in [-0.4, -0.2) is 119 Å². The SMILES string of the molecule is O=C(CN1CCOCC1)N[C@@H](COC(F)F)C(=O)N[C@@H](COC(F)F)C(=O)N[C@@H](COC(F)F)C(=O)OCc1ccccc1. The third kappa shape index (κ3) is 14.8. The molecule has 44 heavy (non-hydrogen) atoms. The molecule has 3 amide bonds. The minimum Gasteiger partial charge on any atom is -0.459 e. The van der Waals surface area contributed by atoms with Gasteiger partial charge in [0.2, 0.25) is 17.7 Å². The molecule has 1 fully saturated rings. The molecule has 3 atom stereocenters. The highest BCUT2D eigenvalue weighted by atomic mass is 19.3. The molecule has 1 aromatic rings. The van der Waals surface area contributed by atoms with Gasteiger partial charge >= 0.3 is 25.8 Å². The maximum absolute atomic E-state index is 12.9. The summed E-state index contributed by atoms with van der Waals surface area (Å²) in [5, 5.41) is 6.06. The first kappa shape index (κ1) is 36.7. The largest absolute Gasteiger partial charge is 0.459 e. The molecule has 0 radical (unpaired) electrons. The van der Waals surface area contributed by atoms with E-state index in [2.05, 4.69) is 19.5 Å². The zero-order valence-corrected chi connectivity index (χ0v) is 23.1. The van der Waals surface area contributed by atoms with Crippen LogP contribution in [0.1, 0.15) is 5.56 Å². The van der Waals surface area contributed by atoms with Crippen LogP contribution < -0.4 is 16.0 Å². The number of hydrogen-bond acceptors (Lipinski definition) is 10. The molecule has 0 unspecified atom stereocenters. The quantitative estimate of drug-likeness (QED) is 0.141. The Morgan fingerprint density at radius 1 is 0.727 bits per heavy atom. The minimum absolute atomic E-state index is 0.253. The number of carbonyl (C=O) groups excluding carboxylic acids is 4. The van der Waals surface area contributed by atoms with Gasteiger partial charge in [-0.05, 0) is 5.56 Å². The van der Waals surface area contributed by atoms with Crippen LogP contribution in [0.15, 0.2) is 30.3 Å². The lowest BCUT2D eigenvalue weighted by molar-refractivity contribution is -0.163. The van der Waals surface area contributed by atoms with Gasteiger partial charge in [0.15, 0.2) is 6.04 Å². The molecule has 13 nitrogen and oxygen atoms in total. The van der Waals surface area contributed by atoms with Crippen LogP contribution in [-0.2, 0) is 49.5 Å². The summed E-state index contributed by atoms with van der Waals surface area (Å²) in [6.45, 7) is -12.8. The summed E-state index contributed by atoms with van der Waals surface area (Å²) >= 11 is 0. The number of hydrogen-bond donors (Lipinski definition) is 3. The monoisotopic (exact) mass is 646 g/mol. The van der Waals surface area contributed by atoms with Crippen LogP contribution in [0.4, 0.5) is 26.3 Å². The molecule has 248 valence electrons. The molecule has 1 heterocycles. The van der Waals surface area contributed by atoms with Gasteiger partial charge in [0, 0.05) is 13.1 Å². The molecule has 19 heteroatoms. The van der Waals surface area contributed by atoms with Gasteiger partial charge in [-0.25, -0.2) is 4.79 Å². The van der Waals surface area contributed by atoms with Crippen LogP contribution in [0.5, 0.6) is 0 Å². The van der Waals surface area contributed by atoms with E-state index in [0.717, 1.165) is 0 Å². The van der Waals surface area contributed by atoms with Gasteiger partial charge in [-0.15, -0.1) is 0 Å². The first-order valence-electron chi connectivity index (χ1n) is 13.0. The molecule has 0 aromatic heterocycles.